The van der Waals surface area contributed by atoms with Gasteiger partial charge in [0.25, 0.3) is 5.91 Å². The number of benzene rings is 1. The first kappa shape index (κ1) is 24.5. The molecule has 1 aliphatic heterocycles. The Morgan fingerprint density at radius 3 is 2.45 bits per heavy atom. The van der Waals surface area contributed by atoms with Crippen molar-refractivity contribution < 1.29 is 27.2 Å². The Hall–Kier alpha value is -3.18. The Balaban J connectivity index is 1.65. The fourth-order valence-electron chi connectivity index (χ4n) is 3.60. The molecule has 11 heteroatoms. The van der Waals surface area contributed by atoms with Gasteiger partial charge in [-0.25, -0.2) is 13.2 Å². The third-order valence-electron chi connectivity index (χ3n) is 5.29. The lowest BCUT2D eigenvalue weighted by Crippen LogP contribution is -2.35. The number of nitrogens with zero attached hydrogens (tertiary/aromatic N) is 3. The minimum absolute atomic E-state index is 0.0416. The molecule has 178 valence electrons. The average Bonchev–Trinajstić information content (AvgIpc) is 3.43. The summed E-state index contributed by atoms with van der Waals surface area (Å²) in [5.41, 5.74) is 0.487. The first-order valence-corrected chi connectivity index (χ1v) is 12.0. The number of oxazole rings is 1. The third-order valence-corrected chi connectivity index (χ3v) is 7.19. The van der Waals surface area contributed by atoms with E-state index in [9.17, 15) is 22.8 Å². The molecular weight excluding hydrogens is 450 g/mol. The molecule has 0 spiro atoms. The zero-order valence-electron chi connectivity index (χ0n) is 18.3. The van der Waals surface area contributed by atoms with E-state index in [2.05, 4.69) is 13.2 Å². The van der Waals surface area contributed by atoms with E-state index in [4.69, 9.17) is 9.15 Å². The van der Waals surface area contributed by atoms with E-state index < -0.39 is 28.4 Å². The molecule has 1 aliphatic rings. The maximum Gasteiger partial charge on any atom is 0.419 e. The largest absolute Gasteiger partial charge is 0.456 e. The molecule has 0 N–H and O–H groups in total. The fourth-order valence-corrected chi connectivity index (χ4v) is 5.13. The van der Waals surface area contributed by atoms with Crippen LogP contribution in [0.25, 0.3) is 11.1 Å². The van der Waals surface area contributed by atoms with Crippen molar-refractivity contribution in [3.63, 3.8) is 0 Å². The maximum absolute atomic E-state index is 12.7. The van der Waals surface area contributed by atoms with Crippen LogP contribution in [0.15, 0.2) is 57.6 Å². The summed E-state index contributed by atoms with van der Waals surface area (Å²) in [7, 11) is -3.65. The molecule has 1 aromatic heterocycles. The summed E-state index contributed by atoms with van der Waals surface area (Å²) < 4.78 is 38.3. The van der Waals surface area contributed by atoms with Crippen LogP contribution in [0.1, 0.15) is 19.3 Å². The van der Waals surface area contributed by atoms with Crippen molar-refractivity contribution >= 4 is 33.0 Å². The minimum Gasteiger partial charge on any atom is -0.456 e. The fraction of sp³-hybridized carbons (Fsp3) is 0.409. The number of rotatable bonds is 11. The van der Waals surface area contributed by atoms with E-state index in [0.29, 0.717) is 31.7 Å². The van der Waals surface area contributed by atoms with Crippen LogP contribution in [0, 0.1) is 0 Å². The molecule has 0 radical (unpaired) electrons. The van der Waals surface area contributed by atoms with Crippen LogP contribution in [-0.4, -0.2) is 66.9 Å². The number of hydrogen-bond donors (Lipinski definition) is 0. The van der Waals surface area contributed by atoms with Gasteiger partial charge in [0.2, 0.25) is 10.0 Å². The Morgan fingerprint density at radius 1 is 1.15 bits per heavy atom. The Bertz CT molecular complexity index is 1200. The molecule has 2 aromatic rings. The summed E-state index contributed by atoms with van der Waals surface area (Å²) in [6.45, 7) is 8.22. The van der Waals surface area contributed by atoms with Gasteiger partial charge in [0.15, 0.2) is 12.2 Å². The molecule has 1 fully saturated rings. The van der Waals surface area contributed by atoms with Crippen LogP contribution in [0.4, 0.5) is 0 Å². The summed E-state index contributed by atoms with van der Waals surface area (Å²) in [5.74, 6) is -1.76. The molecule has 3 rings (SSSR count). The number of esters is 1. The number of hydrogen-bond acceptors (Lipinski definition) is 7. The molecule has 0 saturated carbocycles. The van der Waals surface area contributed by atoms with E-state index in [0.717, 1.165) is 12.8 Å². The van der Waals surface area contributed by atoms with E-state index >= 15 is 0 Å². The Labute approximate surface area is 191 Å². The number of ether oxygens (including phenoxy) is 1. The molecule has 1 amide bonds. The van der Waals surface area contributed by atoms with Crippen molar-refractivity contribution in [2.75, 3.05) is 32.8 Å². The molecule has 10 nitrogen and oxygen atoms in total. The van der Waals surface area contributed by atoms with Gasteiger partial charge in [0.05, 0.1) is 16.8 Å². The average molecular weight is 478 g/mol. The molecule has 2 heterocycles. The van der Waals surface area contributed by atoms with Crippen molar-refractivity contribution in [2.24, 2.45) is 0 Å². The van der Waals surface area contributed by atoms with E-state index in [1.54, 1.807) is 12.2 Å². The topological polar surface area (TPSA) is 119 Å². The summed E-state index contributed by atoms with van der Waals surface area (Å²) in [5, 5.41) is 0. The van der Waals surface area contributed by atoms with Gasteiger partial charge >= 0.3 is 11.7 Å². The van der Waals surface area contributed by atoms with Gasteiger partial charge in [-0.2, -0.15) is 4.31 Å². The van der Waals surface area contributed by atoms with Crippen molar-refractivity contribution in [3.8, 4) is 0 Å². The van der Waals surface area contributed by atoms with Crippen molar-refractivity contribution in [2.45, 2.75) is 30.7 Å². The smallest absolute Gasteiger partial charge is 0.419 e. The second-order valence-electron chi connectivity index (χ2n) is 7.55. The van der Waals surface area contributed by atoms with Gasteiger partial charge in [-0.3, -0.25) is 14.2 Å². The summed E-state index contributed by atoms with van der Waals surface area (Å²) in [6, 6.07) is 4.23. The molecule has 1 aromatic carbocycles. The number of fused-ring (bicyclic) bond motifs is 1. The number of carbonyl (C=O) groups is 2. The molecule has 0 atom stereocenters. The van der Waals surface area contributed by atoms with Crippen LogP contribution >= 0.6 is 0 Å². The van der Waals surface area contributed by atoms with Gasteiger partial charge in [-0.15, -0.1) is 13.2 Å². The lowest BCUT2D eigenvalue weighted by atomic mass is 10.3. The molecule has 0 aliphatic carbocycles. The third kappa shape index (κ3) is 5.60. The first-order valence-electron chi connectivity index (χ1n) is 10.6. The first-order chi connectivity index (χ1) is 15.8. The second-order valence-corrected chi connectivity index (χ2v) is 9.49. The minimum atomic E-state index is -3.65. The van der Waals surface area contributed by atoms with Gasteiger partial charge in [0, 0.05) is 38.8 Å². The van der Waals surface area contributed by atoms with Gasteiger partial charge in [-0.1, -0.05) is 12.2 Å². The zero-order valence-corrected chi connectivity index (χ0v) is 19.1. The van der Waals surface area contributed by atoms with Crippen LogP contribution < -0.4 is 5.76 Å². The summed E-state index contributed by atoms with van der Waals surface area (Å²) >= 11 is 0. The summed E-state index contributed by atoms with van der Waals surface area (Å²) in [6.07, 6.45) is 4.58. The van der Waals surface area contributed by atoms with Crippen molar-refractivity contribution in [3.05, 3.63) is 54.1 Å². The highest BCUT2D eigenvalue weighted by Crippen LogP contribution is 2.24. The van der Waals surface area contributed by atoms with Crippen LogP contribution in [0.5, 0.6) is 0 Å². The standard InChI is InChI=1S/C22H27N3O7S/c1-3-10-23(11-4-2)20(26)16-31-21(27)9-14-25-18-8-7-17(15-19(18)32-22(25)28)33(29,30)24-12-5-6-13-24/h3-4,7-8,15H,1-2,5-6,9-14,16H2. The van der Waals surface area contributed by atoms with Crippen molar-refractivity contribution in [1.29, 1.82) is 0 Å². The van der Waals surface area contributed by atoms with Gasteiger partial charge in [0.1, 0.15) is 0 Å². The number of carbonyl (C=O) groups excluding carboxylic acids is 2. The highest BCUT2D eigenvalue weighted by atomic mass is 32.2. The number of amides is 1. The lowest BCUT2D eigenvalue weighted by molar-refractivity contribution is -0.151. The van der Waals surface area contributed by atoms with E-state index in [-0.39, 0.29) is 29.4 Å². The van der Waals surface area contributed by atoms with E-state index in [1.807, 2.05) is 0 Å². The molecule has 1 saturated heterocycles. The molecular formula is C22H27N3O7S. The number of aromatic nitrogens is 1. The van der Waals surface area contributed by atoms with Crippen molar-refractivity contribution in [1.82, 2.24) is 13.8 Å². The monoisotopic (exact) mass is 477 g/mol. The SMILES string of the molecule is C=CCN(CC=C)C(=O)COC(=O)CCn1c(=O)oc2cc(S(=O)(=O)N3CCCC3)ccc21. The molecule has 33 heavy (non-hydrogen) atoms. The van der Waals surface area contributed by atoms with Crippen LogP contribution in [-0.2, 0) is 30.9 Å². The van der Waals surface area contributed by atoms with Gasteiger partial charge in [-0.05, 0) is 25.0 Å². The lowest BCUT2D eigenvalue weighted by Gasteiger charge is -2.18. The van der Waals surface area contributed by atoms with Crippen LogP contribution in [0.2, 0.25) is 0 Å². The molecule has 0 unspecified atom stereocenters. The van der Waals surface area contributed by atoms with Gasteiger partial charge < -0.3 is 14.1 Å². The second kappa shape index (κ2) is 10.6. The number of aryl methyl sites for hydroxylation is 1. The van der Waals surface area contributed by atoms with Crippen LogP contribution in [0.3, 0.4) is 0 Å². The highest BCUT2D eigenvalue weighted by molar-refractivity contribution is 7.89. The zero-order chi connectivity index (χ0) is 24.0. The Morgan fingerprint density at radius 2 is 1.82 bits per heavy atom. The molecule has 0 bridgehead atoms. The Kier molecular flexibility index (Phi) is 7.88. The maximum atomic E-state index is 12.7. The predicted molar refractivity (Wildman–Crippen MR) is 121 cm³/mol. The quantitative estimate of drug-likeness (QED) is 0.355. The predicted octanol–water partition coefficient (Wildman–Crippen LogP) is 1.51. The number of sulfonamides is 1. The highest BCUT2D eigenvalue weighted by Gasteiger charge is 2.28. The van der Waals surface area contributed by atoms with E-state index in [1.165, 1.54) is 32.0 Å². The summed E-state index contributed by atoms with van der Waals surface area (Å²) in [4.78, 5) is 38.0. The normalized spacial score (nSPS) is 14.3.